The maximum Gasteiger partial charge on any atom is 0.222 e. The molecule has 0 bridgehead atoms. The van der Waals surface area contributed by atoms with E-state index in [0.717, 1.165) is 30.5 Å². The van der Waals surface area contributed by atoms with Gasteiger partial charge in [-0.3, -0.25) is 4.79 Å². The fourth-order valence-corrected chi connectivity index (χ4v) is 2.94. The summed E-state index contributed by atoms with van der Waals surface area (Å²) in [7, 11) is 0. The Bertz CT molecular complexity index is 490. The minimum Gasteiger partial charge on any atom is -0.370 e. The van der Waals surface area contributed by atoms with Gasteiger partial charge in [0.15, 0.2) is 0 Å². The molecule has 0 aromatic heterocycles. The Hall–Kier alpha value is -1.07. The topological polar surface area (TPSA) is 58.4 Å². The number of nitrogens with two attached hydrogens (primary N) is 1. The van der Waals surface area contributed by atoms with Crippen molar-refractivity contribution in [2.75, 3.05) is 18.0 Å². The first-order valence-corrected chi connectivity index (χ1v) is 7.82. The molecule has 0 radical (unpaired) electrons. The quantitative estimate of drug-likeness (QED) is 0.864. The highest BCUT2D eigenvalue weighted by atomic mass is 79.9. The molecule has 1 unspecified atom stereocenters. The molecular weight excluding hydrogens is 318 g/mol. The molecule has 1 atom stereocenters. The van der Waals surface area contributed by atoms with Gasteiger partial charge in [0.2, 0.25) is 5.91 Å². The Morgan fingerprint density at radius 3 is 2.90 bits per heavy atom. The van der Waals surface area contributed by atoms with Crippen molar-refractivity contribution in [3.05, 3.63) is 28.2 Å². The van der Waals surface area contributed by atoms with Crippen LogP contribution in [0.5, 0.6) is 0 Å². The third-order valence-electron chi connectivity index (χ3n) is 3.67. The Morgan fingerprint density at radius 1 is 1.55 bits per heavy atom. The van der Waals surface area contributed by atoms with E-state index in [1.807, 2.05) is 6.07 Å². The monoisotopic (exact) mass is 339 g/mol. The van der Waals surface area contributed by atoms with Gasteiger partial charge in [-0.2, -0.15) is 0 Å². The molecule has 0 saturated carbocycles. The molecule has 20 heavy (non-hydrogen) atoms. The average molecular weight is 340 g/mol. The Morgan fingerprint density at radius 2 is 2.30 bits per heavy atom. The average Bonchev–Trinajstić information content (AvgIpc) is 2.86. The minimum atomic E-state index is -0.188. The summed E-state index contributed by atoms with van der Waals surface area (Å²) in [5, 5.41) is 3.45. The van der Waals surface area contributed by atoms with E-state index >= 15 is 0 Å². The second-order valence-corrected chi connectivity index (χ2v) is 6.56. The molecule has 1 fully saturated rings. The lowest BCUT2D eigenvalue weighted by atomic mass is 10.1. The first-order valence-electron chi connectivity index (χ1n) is 7.03. The summed E-state index contributed by atoms with van der Waals surface area (Å²) < 4.78 is 1.08. The molecule has 2 rings (SSSR count). The van der Waals surface area contributed by atoms with Crippen LogP contribution in [0.4, 0.5) is 5.69 Å². The van der Waals surface area contributed by atoms with E-state index in [-0.39, 0.29) is 11.8 Å². The second-order valence-electron chi connectivity index (χ2n) is 5.64. The number of carbonyl (C=O) groups excluding carboxylic acids is 1. The molecule has 0 aliphatic carbocycles. The predicted octanol–water partition coefficient (Wildman–Crippen LogP) is 2.26. The number of nitrogens with zero attached hydrogens (tertiary/aromatic N) is 1. The smallest absolute Gasteiger partial charge is 0.222 e. The lowest BCUT2D eigenvalue weighted by molar-refractivity contribution is -0.121. The van der Waals surface area contributed by atoms with E-state index in [9.17, 15) is 4.79 Å². The number of amides is 1. The maximum atomic E-state index is 11.3. The Balaban J connectivity index is 2.16. The zero-order chi connectivity index (χ0) is 14.7. The third kappa shape index (κ3) is 3.73. The number of anilines is 1. The van der Waals surface area contributed by atoms with E-state index in [2.05, 4.69) is 52.1 Å². The van der Waals surface area contributed by atoms with Crippen LogP contribution in [0.15, 0.2) is 22.7 Å². The standard InChI is InChI=1S/C15H22BrN3O/c1-10(2)18-8-12-7-13(16)3-4-14(12)19-6-5-11(9-19)15(17)20/h3-4,7,10-11,18H,5-6,8-9H2,1-2H3,(H2,17,20). The van der Waals surface area contributed by atoms with E-state index in [4.69, 9.17) is 5.73 Å². The molecule has 5 heteroatoms. The maximum absolute atomic E-state index is 11.3. The summed E-state index contributed by atoms with van der Waals surface area (Å²) in [4.78, 5) is 13.6. The van der Waals surface area contributed by atoms with Gasteiger partial charge in [-0.05, 0) is 30.2 Å². The summed E-state index contributed by atoms with van der Waals surface area (Å²) in [6.07, 6.45) is 0.850. The normalized spacial score (nSPS) is 18.8. The van der Waals surface area contributed by atoms with Crippen molar-refractivity contribution in [3.8, 4) is 0 Å². The van der Waals surface area contributed by atoms with Crippen molar-refractivity contribution < 1.29 is 4.79 Å². The zero-order valence-electron chi connectivity index (χ0n) is 12.0. The minimum absolute atomic E-state index is 0.0236. The lowest BCUT2D eigenvalue weighted by Crippen LogP contribution is -2.28. The number of primary amides is 1. The van der Waals surface area contributed by atoms with Gasteiger partial charge in [0.05, 0.1) is 5.92 Å². The van der Waals surface area contributed by atoms with Gasteiger partial charge in [0.1, 0.15) is 0 Å². The van der Waals surface area contributed by atoms with Crippen molar-refractivity contribution >= 4 is 27.5 Å². The van der Waals surface area contributed by atoms with Crippen LogP contribution in [-0.4, -0.2) is 25.0 Å². The van der Waals surface area contributed by atoms with Crippen LogP contribution in [0.1, 0.15) is 25.8 Å². The van der Waals surface area contributed by atoms with E-state index in [1.54, 1.807) is 0 Å². The molecule has 1 amide bonds. The molecule has 1 saturated heterocycles. The molecule has 3 N–H and O–H groups in total. The molecule has 0 spiro atoms. The van der Waals surface area contributed by atoms with Crippen molar-refractivity contribution in [3.63, 3.8) is 0 Å². The van der Waals surface area contributed by atoms with Crippen molar-refractivity contribution in [1.29, 1.82) is 0 Å². The van der Waals surface area contributed by atoms with Gasteiger partial charge in [0.25, 0.3) is 0 Å². The highest BCUT2D eigenvalue weighted by molar-refractivity contribution is 9.10. The first-order chi connectivity index (χ1) is 9.47. The van der Waals surface area contributed by atoms with Gasteiger partial charge >= 0.3 is 0 Å². The molecule has 1 heterocycles. The molecule has 4 nitrogen and oxygen atoms in total. The van der Waals surface area contributed by atoms with Crippen LogP contribution in [0.3, 0.4) is 0 Å². The lowest BCUT2D eigenvalue weighted by Gasteiger charge is -2.23. The number of nitrogens with one attached hydrogen (secondary N) is 1. The van der Waals surface area contributed by atoms with Gasteiger partial charge in [-0.15, -0.1) is 0 Å². The van der Waals surface area contributed by atoms with Crippen molar-refractivity contribution in [2.45, 2.75) is 32.9 Å². The van der Waals surface area contributed by atoms with Gasteiger partial charge in [-0.25, -0.2) is 0 Å². The molecule has 110 valence electrons. The molecule has 1 aliphatic heterocycles. The molecular formula is C15H22BrN3O. The second kappa shape index (κ2) is 6.59. The van der Waals surface area contributed by atoms with E-state index < -0.39 is 0 Å². The number of hydrogen-bond acceptors (Lipinski definition) is 3. The summed E-state index contributed by atoms with van der Waals surface area (Å²) in [6.45, 7) is 6.72. The number of halogens is 1. The van der Waals surface area contributed by atoms with Crippen LogP contribution in [-0.2, 0) is 11.3 Å². The fourth-order valence-electron chi connectivity index (χ4n) is 2.53. The SMILES string of the molecule is CC(C)NCc1cc(Br)ccc1N1CCC(C(N)=O)C1. The largest absolute Gasteiger partial charge is 0.370 e. The van der Waals surface area contributed by atoms with Crippen LogP contribution in [0.2, 0.25) is 0 Å². The summed E-state index contributed by atoms with van der Waals surface area (Å²) in [5.41, 5.74) is 7.86. The van der Waals surface area contributed by atoms with E-state index in [0.29, 0.717) is 6.04 Å². The van der Waals surface area contributed by atoms with E-state index in [1.165, 1.54) is 11.3 Å². The van der Waals surface area contributed by atoms with Crippen LogP contribution < -0.4 is 16.0 Å². The molecule has 1 aromatic rings. The fraction of sp³-hybridized carbons (Fsp3) is 0.533. The Labute approximate surface area is 128 Å². The number of benzene rings is 1. The van der Waals surface area contributed by atoms with Crippen LogP contribution >= 0.6 is 15.9 Å². The summed E-state index contributed by atoms with van der Waals surface area (Å²) >= 11 is 3.53. The van der Waals surface area contributed by atoms with Gasteiger partial charge in [0, 0.05) is 35.8 Å². The summed E-state index contributed by atoms with van der Waals surface area (Å²) in [6, 6.07) is 6.75. The van der Waals surface area contributed by atoms with Gasteiger partial charge < -0.3 is 16.0 Å². The number of carbonyl (C=O) groups is 1. The first kappa shape index (κ1) is 15.3. The molecule has 1 aromatic carbocycles. The van der Waals surface area contributed by atoms with Crippen LogP contribution in [0, 0.1) is 5.92 Å². The Kier molecular flexibility index (Phi) is 5.05. The van der Waals surface area contributed by atoms with Crippen molar-refractivity contribution in [2.24, 2.45) is 11.7 Å². The van der Waals surface area contributed by atoms with Crippen molar-refractivity contribution in [1.82, 2.24) is 5.32 Å². The third-order valence-corrected chi connectivity index (χ3v) is 4.17. The van der Waals surface area contributed by atoms with Crippen LogP contribution in [0.25, 0.3) is 0 Å². The molecule has 1 aliphatic rings. The highest BCUT2D eigenvalue weighted by Crippen LogP contribution is 2.29. The zero-order valence-corrected chi connectivity index (χ0v) is 13.6. The van der Waals surface area contributed by atoms with Gasteiger partial charge in [-0.1, -0.05) is 29.8 Å². The highest BCUT2D eigenvalue weighted by Gasteiger charge is 2.27. The number of rotatable bonds is 5. The number of hydrogen-bond donors (Lipinski definition) is 2. The predicted molar refractivity (Wildman–Crippen MR) is 85.6 cm³/mol. The summed E-state index contributed by atoms with van der Waals surface area (Å²) in [5.74, 6) is -0.212.